The van der Waals surface area contributed by atoms with Gasteiger partial charge in [-0.15, -0.1) is 10.2 Å². The molecule has 0 aliphatic carbocycles. The highest BCUT2D eigenvalue weighted by Crippen LogP contribution is 2.36. The minimum Gasteiger partial charge on any atom is -0.480 e. The number of hydrogen-bond acceptors (Lipinski definition) is 6. The van der Waals surface area contributed by atoms with Gasteiger partial charge in [0.1, 0.15) is 22.7 Å². The Morgan fingerprint density at radius 3 is 2.81 bits per heavy atom. The second kappa shape index (κ2) is 5.77. The second-order valence-electron chi connectivity index (χ2n) is 6.39. The van der Waals surface area contributed by atoms with Crippen LogP contribution < -0.4 is 10.4 Å². The molecule has 6 nitrogen and oxygen atoms in total. The molecule has 2 aromatic heterocycles. The van der Waals surface area contributed by atoms with Crippen molar-refractivity contribution in [3.05, 3.63) is 75.7 Å². The molecule has 2 aromatic carbocycles. The zero-order valence-electron chi connectivity index (χ0n) is 14.2. The van der Waals surface area contributed by atoms with E-state index in [0.717, 1.165) is 11.3 Å². The molecular formula is C20H13FN2O4. The SMILES string of the molecule is Cc1c(-c2nnc(C3Cc4ccccc4O3)o2)c(=O)oc2cc(F)ccc12. The maximum absolute atomic E-state index is 13.4. The zero-order valence-corrected chi connectivity index (χ0v) is 14.2. The summed E-state index contributed by atoms with van der Waals surface area (Å²) in [7, 11) is 0. The van der Waals surface area contributed by atoms with Crippen molar-refractivity contribution in [2.75, 3.05) is 0 Å². The smallest absolute Gasteiger partial charge is 0.349 e. The Hall–Kier alpha value is -3.48. The Kier molecular flexibility index (Phi) is 3.36. The molecule has 0 N–H and O–H groups in total. The van der Waals surface area contributed by atoms with Crippen LogP contribution in [0.2, 0.25) is 0 Å². The van der Waals surface area contributed by atoms with Crippen molar-refractivity contribution in [2.45, 2.75) is 19.4 Å². The monoisotopic (exact) mass is 364 g/mol. The van der Waals surface area contributed by atoms with Gasteiger partial charge < -0.3 is 13.6 Å². The van der Waals surface area contributed by atoms with Crippen LogP contribution in [0.5, 0.6) is 5.75 Å². The number of nitrogens with zero attached hydrogens (tertiary/aromatic N) is 2. The first-order chi connectivity index (χ1) is 13.1. The highest BCUT2D eigenvalue weighted by molar-refractivity contribution is 5.85. The van der Waals surface area contributed by atoms with Crippen LogP contribution in [-0.2, 0) is 6.42 Å². The third kappa shape index (κ3) is 2.51. The van der Waals surface area contributed by atoms with Crippen LogP contribution >= 0.6 is 0 Å². The molecular weight excluding hydrogens is 351 g/mol. The summed E-state index contributed by atoms with van der Waals surface area (Å²) in [5, 5.41) is 8.67. The van der Waals surface area contributed by atoms with E-state index in [1.165, 1.54) is 12.1 Å². The summed E-state index contributed by atoms with van der Waals surface area (Å²) >= 11 is 0. The van der Waals surface area contributed by atoms with Gasteiger partial charge in [-0.3, -0.25) is 0 Å². The Balaban J connectivity index is 1.56. The number of halogens is 1. The van der Waals surface area contributed by atoms with Gasteiger partial charge in [-0.25, -0.2) is 9.18 Å². The van der Waals surface area contributed by atoms with Gasteiger partial charge in [0.25, 0.3) is 11.8 Å². The first-order valence-electron chi connectivity index (χ1n) is 8.41. The molecule has 27 heavy (non-hydrogen) atoms. The average molecular weight is 364 g/mol. The van der Waals surface area contributed by atoms with Gasteiger partial charge >= 0.3 is 5.63 Å². The van der Waals surface area contributed by atoms with Crippen molar-refractivity contribution in [1.82, 2.24) is 10.2 Å². The summed E-state index contributed by atoms with van der Waals surface area (Å²) in [6.45, 7) is 1.73. The first kappa shape index (κ1) is 15.7. The van der Waals surface area contributed by atoms with E-state index in [1.807, 2.05) is 24.3 Å². The summed E-state index contributed by atoms with van der Waals surface area (Å²) in [5.74, 6) is 0.655. The van der Waals surface area contributed by atoms with Crippen molar-refractivity contribution >= 4 is 11.0 Å². The summed E-state index contributed by atoms with van der Waals surface area (Å²) in [5.41, 5.74) is 1.34. The minimum atomic E-state index is -0.656. The van der Waals surface area contributed by atoms with Crippen molar-refractivity contribution in [1.29, 1.82) is 0 Å². The Labute approximate surface area is 152 Å². The molecule has 0 fully saturated rings. The van der Waals surface area contributed by atoms with E-state index in [9.17, 15) is 9.18 Å². The van der Waals surface area contributed by atoms with Gasteiger partial charge in [-0.1, -0.05) is 18.2 Å². The van der Waals surface area contributed by atoms with Crippen LogP contribution in [0.3, 0.4) is 0 Å². The van der Waals surface area contributed by atoms with Gasteiger partial charge in [0.15, 0.2) is 6.10 Å². The van der Waals surface area contributed by atoms with E-state index in [-0.39, 0.29) is 17.0 Å². The number of fused-ring (bicyclic) bond motifs is 2. The molecule has 0 saturated heterocycles. The van der Waals surface area contributed by atoms with Crippen molar-refractivity contribution < 1.29 is 18.0 Å². The predicted octanol–water partition coefficient (Wildman–Crippen LogP) is 3.97. The van der Waals surface area contributed by atoms with Gasteiger partial charge in [0, 0.05) is 17.9 Å². The molecule has 4 aromatic rings. The number of aryl methyl sites for hydroxylation is 1. The number of para-hydroxylation sites is 1. The Morgan fingerprint density at radius 2 is 1.96 bits per heavy atom. The molecule has 0 radical (unpaired) electrons. The highest BCUT2D eigenvalue weighted by Gasteiger charge is 2.30. The van der Waals surface area contributed by atoms with Crippen LogP contribution in [0.25, 0.3) is 22.4 Å². The van der Waals surface area contributed by atoms with E-state index >= 15 is 0 Å². The zero-order chi connectivity index (χ0) is 18.5. The summed E-state index contributed by atoms with van der Waals surface area (Å²) in [6.07, 6.45) is 0.216. The quantitative estimate of drug-likeness (QED) is 0.501. The van der Waals surface area contributed by atoms with E-state index in [2.05, 4.69) is 10.2 Å². The molecule has 1 atom stereocenters. The number of aromatic nitrogens is 2. The lowest BCUT2D eigenvalue weighted by molar-refractivity contribution is 0.198. The van der Waals surface area contributed by atoms with Crippen LogP contribution in [0.4, 0.5) is 4.39 Å². The number of ether oxygens (including phenoxy) is 1. The third-order valence-corrected chi connectivity index (χ3v) is 4.71. The summed E-state index contributed by atoms with van der Waals surface area (Å²) < 4.78 is 30.2. The molecule has 134 valence electrons. The largest absolute Gasteiger partial charge is 0.480 e. The Morgan fingerprint density at radius 1 is 1.11 bits per heavy atom. The molecule has 0 saturated carbocycles. The van der Waals surface area contributed by atoms with E-state index < -0.39 is 17.5 Å². The standard InChI is InChI=1S/C20H13FN2O4/c1-10-13-7-6-12(21)9-15(13)26-20(24)17(10)19-23-22-18(27-19)16-8-11-4-2-3-5-14(11)25-16/h2-7,9,16H,8H2,1H3. The Bertz CT molecular complexity index is 1220. The summed E-state index contributed by atoms with van der Waals surface area (Å²) in [4.78, 5) is 12.4. The lowest BCUT2D eigenvalue weighted by atomic mass is 10.1. The third-order valence-electron chi connectivity index (χ3n) is 4.71. The van der Waals surface area contributed by atoms with E-state index in [4.69, 9.17) is 13.6 Å². The maximum Gasteiger partial charge on any atom is 0.349 e. The minimum absolute atomic E-state index is 0.0574. The molecule has 1 unspecified atom stereocenters. The maximum atomic E-state index is 13.4. The molecule has 0 spiro atoms. The van der Waals surface area contributed by atoms with E-state index in [1.54, 1.807) is 13.0 Å². The normalized spacial score (nSPS) is 15.7. The van der Waals surface area contributed by atoms with Crippen LogP contribution in [0.1, 0.15) is 23.1 Å². The lowest BCUT2D eigenvalue weighted by Crippen LogP contribution is -2.06. The second-order valence-corrected chi connectivity index (χ2v) is 6.39. The average Bonchev–Trinajstić information content (AvgIpc) is 3.28. The van der Waals surface area contributed by atoms with Crippen LogP contribution in [0.15, 0.2) is 56.1 Å². The molecule has 1 aliphatic rings. The fourth-order valence-electron chi connectivity index (χ4n) is 3.36. The molecule has 7 heteroatoms. The summed E-state index contributed by atoms with van der Waals surface area (Å²) in [6, 6.07) is 11.7. The van der Waals surface area contributed by atoms with Crippen molar-refractivity contribution in [3.63, 3.8) is 0 Å². The van der Waals surface area contributed by atoms with Crippen molar-refractivity contribution in [3.8, 4) is 17.2 Å². The fraction of sp³-hybridized carbons (Fsp3) is 0.150. The number of benzene rings is 2. The first-order valence-corrected chi connectivity index (χ1v) is 8.41. The van der Waals surface area contributed by atoms with Gasteiger partial charge in [-0.2, -0.15) is 0 Å². The number of hydrogen-bond donors (Lipinski definition) is 0. The van der Waals surface area contributed by atoms with Gasteiger partial charge in [-0.05, 0) is 36.2 Å². The molecule has 1 aliphatic heterocycles. The highest BCUT2D eigenvalue weighted by atomic mass is 19.1. The fourth-order valence-corrected chi connectivity index (χ4v) is 3.36. The van der Waals surface area contributed by atoms with Crippen LogP contribution in [-0.4, -0.2) is 10.2 Å². The van der Waals surface area contributed by atoms with Crippen molar-refractivity contribution in [2.24, 2.45) is 0 Å². The van der Waals surface area contributed by atoms with Crippen LogP contribution in [0, 0.1) is 12.7 Å². The van der Waals surface area contributed by atoms with Gasteiger partial charge in [0.2, 0.25) is 0 Å². The molecule has 3 heterocycles. The van der Waals surface area contributed by atoms with Gasteiger partial charge in [0.05, 0.1) is 0 Å². The number of rotatable bonds is 2. The van der Waals surface area contributed by atoms with E-state index in [0.29, 0.717) is 23.3 Å². The molecule has 5 rings (SSSR count). The topological polar surface area (TPSA) is 78.4 Å². The molecule has 0 bridgehead atoms. The molecule has 0 amide bonds. The lowest BCUT2D eigenvalue weighted by Gasteiger charge is -2.06. The predicted molar refractivity (Wildman–Crippen MR) is 94.0 cm³/mol.